The van der Waals surface area contributed by atoms with Crippen molar-refractivity contribution in [2.75, 3.05) is 12.3 Å². The minimum Gasteiger partial charge on any atom is -0.394 e. The van der Waals surface area contributed by atoms with Crippen LogP contribution in [-0.4, -0.2) is 49.8 Å². The minimum atomic E-state index is -1.21. The van der Waals surface area contributed by atoms with Crippen LogP contribution in [0.5, 0.6) is 0 Å². The smallest absolute Gasteiger partial charge is 0.165 e. The minimum absolute atomic E-state index is 0.278. The van der Waals surface area contributed by atoms with Crippen molar-refractivity contribution in [2.24, 2.45) is 0 Å². The Bertz CT molecular complexity index is 693. The number of rotatable bonds is 4. The summed E-state index contributed by atoms with van der Waals surface area (Å²) in [6.45, 7) is -0.398. The van der Waals surface area contributed by atoms with Gasteiger partial charge < -0.3 is 25.8 Å². The first-order valence-electron chi connectivity index (χ1n) is 7.06. The van der Waals surface area contributed by atoms with Gasteiger partial charge in [-0.2, -0.15) is 0 Å². The Labute approximate surface area is 137 Å². The summed E-state index contributed by atoms with van der Waals surface area (Å²) < 4.78 is 6.87. The van der Waals surface area contributed by atoms with Crippen molar-refractivity contribution in [1.82, 2.24) is 9.55 Å². The zero-order valence-corrected chi connectivity index (χ0v) is 12.8. The number of aromatic nitrogens is 2. The average molecular weight is 339 g/mol. The predicted octanol–water partition coefficient (Wildman–Crippen LogP) is 0.331. The molecule has 8 heteroatoms. The van der Waals surface area contributed by atoms with Crippen LogP contribution < -0.4 is 5.73 Å². The molecule has 5 N–H and O–H groups in total. The Morgan fingerprint density at radius 3 is 2.78 bits per heavy atom. The Kier molecular flexibility index (Phi) is 4.56. The number of nitrogens with zero attached hydrogens (tertiary/aromatic N) is 2. The van der Waals surface area contributed by atoms with Gasteiger partial charge in [-0.1, -0.05) is 23.7 Å². The summed E-state index contributed by atoms with van der Waals surface area (Å²) in [6, 6.07) is 7.21. The van der Waals surface area contributed by atoms with E-state index in [9.17, 15) is 10.2 Å². The van der Waals surface area contributed by atoms with E-state index in [-0.39, 0.29) is 5.82 Å². The molecule has 1 aliphatic heterocycles. The standard InChI is InChI=1S/C15H17ClN3O4/c16-9-3-1-2-8(4-9)5-10-14(17)19(7-18-10)15-13(22)12(21)11(6-20)23-15/h1-5,7,11-13,15,20-22H,6,17H2/t11-,12-,13-,15-/m1/s1. The van der Waals surface area contributed by atoms with Gasteiger partial charge in [0.05, 0.1) is 18.6 Å². The van der Waals surface area contributed by atoms with Gasteiger partial charge >= 0.3 is 0 Å². The highest BCUT2D eigenvalue weighted by Crippen LogP contribution is 2.32. The summed E-state index contributed by atoms with van der Waals surface area (Å²) in [6.07, 6.45) is -0.992. The molecule has 0 amide bonds. The van der Waals surface area contributed by atoms with Gasteiger partial charge in [0.15, 0.2) is 6.23 Å². The molecule has 1 fully saturated rings. The highest BCUT2D eigenvalue weighted by atomic mass is 35.5. The molecule has 0 aliphatic carbocycles. The molecule has 123 valence electrons. The van der Waals surface area contributed by atoms with Crippen molar-refractivity contribution < 1.29 is 20.1 Å². The molecule has 2 heterocycles. The quantitative estimate of drug-likeness (QED) is 0.639. The van der Waals surface area contributed by atoms with Gasteiger partial charge in [0.1, 0.15) is 24.1 Å². The maximum absolute atomic E-state index is 10.1. The van der Waals surface area contributed by atoms with Crippen LogP contribution >= 0.6 is 11.6 Å². The van der Waals surface area contributed by atoms with Crippen LogP contribution in [0.2, 0.25) is 5.02 Å². The Morgan fingerprint density at radius 2 is 2.13 bits per heavy atom. The number of halogens is 1. The Morgan fingerprint density at radius 1 is 1.35 bits per heavy atom. The van der Waals surface area contributed by atoms with Crippen molar-refractivity contribution in [3.05, 3.63) is 53.3 Å². The highest BCUT2D eigenvalue weighted by molar-refractivity contribution is 6.30. The van der Waals surface area contributed by atoms with E-state index in [4.69, 9.17) is 27.2 Å². The van der Waals surface area contributed by atoms with Crippen LogP contribution in [0.4, 0.5) is 5.82 Å². The molecular formula is C15H17ClN3O4. The number of benzene rings is 1. The van der Waals surface area contributed by atoms with Gasteiger partial charge in [0.25, 0.3) is 0 Å². The molecule has 0 unspecified atom stereocenters. The lowest BCUT2D eigenvalue weighted by molar-refractivity contribution is -0.0518. The number of hydrogen-bond donors (Lipinski definition) is 4. The maximum Gasteiger partial charge on any atom is 0.165 e. The molecule has 1 aromatic heterocycles. The maximum atomic E-state index is 10.1. The third-order valence-electron chi connectivity index (χ3n) is 3.81. The number of nitrogens with two attached hydrogens (primary N) is 1. The molecule has 23 heavy (non-hydrogen) atoms. The van der Waals surface area contributed by atoms with Crippen molar-refractivity contribution in [2.45, 2.75) is 24.5 Å². The van der Waals surface area contributed by atoms with E-state index < -0.39 is 31.1 Å². The first-order chi connectivity index (χ1) is 11.0. The first kappa shape index (κ1) is 16.2. The fourth-order valence-corrected chi connectivity index (χ4v) is 2.76. The second kappa shape index (κ2) is 6.46. The molecule has 4 atom stereocenters. The number of hydrogen-bond acceptors (Lipinski definition) is 6. The second-order valence-electron chi connectivity index (χ2n) is 5.35. The van der Waals surface area contributed by atoms with Gasteiger partial charge in [-0.25, -0.2) is 4.98 Å². The molecule has 0 spiro atoms. The molecule has 1 aliphatic rings. The predicted molar refractivity (Wildman–Crippen MR) is 83.6 cm³/mol. The first-order valence-corrected chi connectivity index (χ1v) is 7.44. The SMILES string of the molecule is Nc1c([CH]c2cccc(Cl)c2)ncn1[C@@H]1O[C@H](CO)[C@@H](O)[C@H]1O. The molecular weight excluding hydrogens is 322 g/mol. The lowest BCUT2D eigenvalue weighted by atomic mass is 10.1. The third kappa shape index (κ3) is 3.06. The summed E-state index contributed by atoms with van der Waals surface area (Å²) >= 11 is 5.95. The Balaban J connectivity index is 1.82. The van der Waals surface area contributed by atoms with Crippen LogP contribution in [0.1, 0.15) is 17.5 Å². The van der Waals surface area contributed by atoms with Crippen molar-refractivity contribution in [1.29, 1.82) is 0 Å². The van der Waals surface area contributed by atoms with E-state index in [0.29, 0.717) is 10.7 Å². The summed E-state index contributed by atoms with van der Waals surface area (Å²) in [4.78, 5) is 4.20. The summed E-state index contributed by atoms with van der Waals surface area (Å²) in [5, 5.41) is 29.6. The van der Waals surface area contributed by atoms with E-state index in [1.807, 2.05) is 12.1 Å². The van der Waals surface area contributed by atoms with Gasteiger partial charge in [-0.15, -0.1) is 0 Å². The molecule has 0 bridgehead atoms. The average Bonchev–Trinajstić information content (AvgIpc) is 3.01. The summed E-state index contributed by atoms with van der Waals surface area (Å²) in [5.74, 6) is 0.278. The molecule has 0 saturated carbocycles. The second-order valence-corrected chi connectivity index (χ2v) is 5.79. The van der Waals surface area contributed by atoms with Gasteiger partial charge in [0, 0.05) is 11.4 Å². The molecule has 1 aromatic carbocycles. The van der Waals surface area contributed by atoms with Crippen molar-refractivity contribution in [3.8, 4) is 0 Å². The van der Waals surface area contributed by atoms with Crippen LogP contribution in [0.3, 0.4) is 0 Å². The number of anilines is 1. The fraction of sp³-hybridized carbons (Fsp3) is 0.333. The topological polar surface area (TPSA) is 114 Å². The molecule has 1 saturated heterocycles. The zero-order chi connectivity index (χ0) is 16.6. The lowest BCUT2D eigenvalue weighted by Gasteiger charge is -2.17. The largest absolute Gasteiger partial charge is 0.394 e. The van der Waals surface area contributed by atoms with E-state index in [2.05, 4.69) is 4.98 Å². The molecule has 7 nitrogen and oxygen atoms in total. The van der Waals surface area contributed by atoms with Crippen LogP contribution in [0.15, 0.2) is 30.6 Å². The summed E-state index contributed by atoms with van der Waals surface area (Å²) in [7, 11) is 0. The van der Waals surface area contributed by atoms with Gasteiger partial charge in [-0.05, 0) is 17.7 Å². The van der Waals surface area contributed by atoms with E-state index in [1.54, 1.807) is 18.6 Å². The van der Waals surface area contributed by atoms with Gasteiger partial charge in [-0.3, -0.25) is 4.57 Å². The number of imidazole rings is 1. The lowest BCUT2D eigenvalue weighted by Crippen LogP contribution is -2.33. The molecule has 1 radical (unpaired) electrons. The summed E-state index contributed by atoms with van der Waals surface area (Å²) in [5.41, 5.74) is 7.38. The zero-order valence-electron chi connectivity index (χ0n) is 12.1. The highest BCUT2D eigenvalue weighted by Gasteiger charge is 2.44. The van der Waals surface area contributed by atoms with Gasteiger partial charge in [0.2, 0.25) is 0 Å². The molecule has 2 aromatic rings. The van der Waals surface area contributed by atoms with Crippen LogP contribution in [0.25, 0.3) is 0 Å². The van der Waals surface area contributed by atoms with E-state index in [0.717, 1.165) is 5.56 Å². The van der Waals surface area contributed by atoms with Crippen molar-refractivity contribution in [3.63, 3.8) is 0 Å². The number of nitrogen functional groups attached to an aromatic ring is 1. The van der Waals surface area contributed by atoms with Crippen LogP contribution in [0, 0.1) is 6.42 Å². The van der Waals surface area contributed by atoms with E-state index >= 15 is 0 Å². The Hall–Kier alpha value is -1.64. The van der Waals surface area contributed by atoms with Crippen molar-refractivity contribution >= 4 is 17.4 Å². The number of aliphatic hydroxyl groups is 3. The number of aliphatic hydroxyl groups excluding tert-OH is 3. The monoisotopic (exact) mass is 338 g/mol. The normalized spacial score (nSPS) is 27.5. The van der Waals surface area contributed by atoms with Crippen LogP contribution in [-0.2, 0) is 4.74 Å². The van der Waals surface area contributed by atoms with E-state index in [1.165, 1.54) is 10.9 Å². The molecule has 3 rings (SSSR count). The fourth-order valence-electron chi connectivity index (χ4n) is 2.56. The number of ether oxygens (including phenoxy) is 1. The third-order valence-corrected chi connectivity index (χ3v) is 4.04.